The fourth-order valence-electron chi connectivity index (χ4n) is 1.45. The Labute approximate surface area is 105 Å². The average molecular weight is 253 g/mol. The standard InChI is InChI=1S/C12H16FN3O2/c1-3-16(7-11(17)15-2)12(18)9-5-4-8(14)6-10(9)13/h4-6H,3,7,14H2,1-2H3,(H,15,17). The summed E-state index contributed by atoms with van der Waals surface area (Å²) in [6, 6.07) is 3.85. The average Bonchev–Trinajstić information content (AvgIpc) is 2.34. The van der Waals surface area contributed by atoms with Crippen molar-refractivity contribution in [1.29, 1.82) is 0 Å². The zero-order valence-corrected chi connectivity index (χ0v) is 10.4. The van der Waals surface area contributed by atoms with Crippen LogP contribution in [0.2, 0.25) is 0 Å². The van der Waals surface area contributed by atoms with Crippen LogP contribution in [-0.4, -0.2) is 36.9 Å². The largest absolute Gasteiger partial charge is 0.399 e. The Bertz CT molecular complexity index is 463. The maximum absolute atomic E-state index is 13.6. The molecule has 1 aromatic rings. The monoisotopic (exact) mass is 253 g/mol. The number of nitrogen functional groups attached to an aromatic ring is 1. The Morgan fingerprint density at radius 3 is 2.61 bits per heavy atom. The number of benzene rings is 1. The van der Waals surface area contributed by atoms with E-state index in [2.05, 4.69) is 5.32 Å². The molecule has 0 aliphatic heterocycles. The third-order valence-electron chi connectivity index (χ3n) is 2.51. The van der Waals surface area contributed by atoms with Gasteiger partial charge in [-0.25, -0.2) is 4.39 Å². The molecular weight excluding hydrogens is 237 g/mol. The number of anilines is 1. The predicted molar refractivity (Wildman–Crippen MR) is 66.5 cm³/mol. The van der Waals surface area contributed by atoms with E-state index in [0.29, 0.717) is 6.54 Å². The van der Waals surface area contributed by atoms with Crippen molar-refractivity contribution in [3.05, 3.63) is 29.6 Å². The minimum absolute atomic E-state index is 0.0880. The van der Waals surface area contributed by atoms with Crippen molar-refractivity contribution in [3.63, 3.8) is 0 Å². The third-order valence-corrected chi connectivity index (χ3v) is 2.51. The molecule has 0 fully saturated rings. The quantitative estimate of drug-likeness (QED) is 0.772. The zero-order valence-electron chi connectivity index (χ0n) is 10.4. The van der Waals surface area contributed by atoms with Crippen molar-refractivity contribution in [2.24, 2.45) is 0 Å². The predicted octanol–water partition coefficient (Wildman–Crippen LogP) is 0.616. The molecule has 0 radical (unpaired) electrons. The van der Waals surface area contributed by atoms with Gasteiger partial charge in [-0.3, -0.25) is 9.59 Å². The second kappa shape index (κ2) is 6.00. The maximum atomic E-state index is 13.6. The Kier molecular flexibility index (Phi) is 4.65. The van der Waals surface area contributed by atoms with Crippen LogP contribution in [0.1, 0.15) is 17.3 Å². The Morgan fingerprint density at radius 2 is 2.11 bits per heavy atom. The van der Waals surface area contributed by atoms with Crippen molar-refractivity contribution in [2.75, 3.05) is 25.9 Å². The van der Waals surface area contributed by atoms with Crippen molar-refractivity contribution in [2.45, 2.75) is 6.92 Å². The van der Waals surface area contributed by atoms with Crippen molar-refractivity contribution in [3.8, 4) is 0 Å². The number of nitrogens with one attached hydrogen (secondary N) is 1. The number of hydrogen-bond donors (Lipinski definition) is 2. The lowest BCUT2D eigenvalue weighted by Crippen LogP contribution is -2.39. The maximum Gasteiger partial charge on any atom is 0.257 e. The topological polar surface area (TPSA) is 75.4 Å². The Balaban J connectivity index is 2.93. The van der Waals surface area contributed by atoms with Crippen LogP contribution >= 0.6 is 0 Å². The molecular formula is C12H16FN3O2. The van der Waals surface area contributed by atoms with Crippen LogP contribution in [0, 0.1) is 5.82 Å². The summed E-state index contributed by atoms with van der Waals surface area (Å²) in [5.41, 5.74) is 5.57. The molecule has 0 aliphatic rings. The first kappa shape index (κ1) is 14.0. The summed E-state index contributed by atoms with van der Waals surface area (Å²) in [6.45, 7) is 1.93. The highest BCUT2D eigenvalue weighted by atomic mass is 19.1. The first-order chi connectivity index (χ1) is 8.49. The second-order valence-electron chi connectivity index (χ2n) is 3.73. The van der Waals surface area contributed by atoms with Crippen LogP contribution < -0.4 is 11.1 Å². The molecule has 0 saturated heterocycles. The molecule has 0 unspecified atom stereocenters. The highest BCUT2D eigenvalue weighted by molar-refractivity contribution is 5.97. The van der Waals surface area contributed by atoms with Gasteiger partial charge in [0.25, 0.3) is 5.91 Å². The van der Waals surface area contributed by atoms with Gasteiger partial charge in [-0.1, -0.05) is 0 Å². The molecule has 0 heterocycles. The summed E-state index contributed by atoms with van der Waals surface area (Å²) in [5, 5.41) is 2.41. The van der Waals surface area contributed by atoms with Gasteiger partial charge in [0.1, 0.15) is 5.82 Å². The van der Waals surface area contributed by atoms with Gasteiger partial charge < -0.3 is 16.0 Å². The lowest BCUT2D eigenvalue weighted by atomic mass is 10.1. The summed E-state index contributed by atoms with van der Waals surface area (Å²) in [6.07, 6.45) is 0. The van der Waals surface area contributed by atoms with Gasteiger partial charge in [0.05, 0.1) is 12.1 Å². The molecule has 18 heavy (non-hydrogen) atoms. The Hall–Kier alpha value is -2.11. The molecule has 6 heteroatoms. The SMILES string of the molecule is CCN(CC(=O)NC)C(=O)c1ccc(N)cc1F. The Morgan fingerprint density at radius 1 is 1.44 bits per heavy atom. The fraction of sp³-hybridized carbons (Fsp3) is 0.333. The van der Waals surface area contributed by atoms with E-state index in [-0.39, 0.29) is 23.7 Å². The van der Waals surface area contributed by atoms with Gasteiger partial charge in [-0.05, 0) is 25.1 Å². The summed E-state index contributed by atoms with van der Waals surface area (Å²) in [5.74, 6) is -1.52. The molecule has 5 nitrogen and oxygen atoms in total. The number of nitrogens with two attached hydrogens (primary N) is 1. The van der Waals surface area contributed by atoms with Crippen LogP contribution in [0.5, 0.6) is 0 Å². The van der Waals surface area contributed by atoms with Gasteiger partial charge >= 0.3 is 0 Å². The van der Waals surface area contributed by atoms with E-state index in [1.807, 2.05) is 0 Å². The minimum Gasteiger partial charge on any atom is -0.399 e. The summed E-state index contributed by atoms with van der Waals surface area (Å²) < 4.78 is 13.6. The molecule has 1 rings (SSSR count). The molecule has 0 atom stereocenters. The van der Waals surface area contributed by atoms with Crippen LogP contribution in [0.15, 0.2) is 18.2 Å². The number of rotatable bonds is 4. The number of carbonyl (C=O) groups is 2. The van der Waals surface area contributed by atoms with Gasteiger partial charge in [0.2, 0.25) is 5.91 Å². The van der Waals surface area contributed by atoms with Crippen LogP contribution in [-0.2, 0) is 4.79 Å². The highest BCUT2D eigenvalue weighted by Gasteiger charge is 2.19. The molecule has 0 bridgehead atoms. The highest BCUT2D eigenvalue weighted by Crippen LogP contribution is 2.14. The van der Waals surface area contributed by atoms with E-state index >= 15 is 0 Å². The lowest BCUT2D eigenvalue weighted by Gasteiger charge is -2.20. The molecule has 0 aromatic heterocycles. The summed E-state index contributed by atoms with van der Waals surface area (Å²) in [7, 11) is 1.48. The molecule has 0 saturated carbocycles. The van der Waals surface area contributed by atoms with Crippen LogP contribution in [0.25, 0.3) is 0 Å². The number of amides is 2. The zero-order chi connectivity index (χ0) is 13.7. The van der Waals surface area contributed by atoms with Crippen LogP contribution in [0.3, 0.4) is 0 Å². The number of likely N-dealkylation sites (N-methyl/N-ethyl adjacent to an activating group) is 2. The number of halogens is 1. The van der Waals surface area contributed by atoms with E-state index in [0.717, 1.165) is 6.07 Å². The normalized spacial score (nSPS) is 9.94. The minimum atomic E-state index is -0.685. The van der Waals surface area contributed by atoms with E-state index in [1.54, 1.807) is 6.92 Å². The molecule has 2 amide bonds. The van der Waals surface area contributed by atoms with Crippen molar-refractivity contribution < 1.29 is 14.0 Å². The number of carbonyl (C=O) groups excluding carboxylic acids is 2. The van der Waals surface area contributed by atoms with Gasteiger partial charge in [0.15, 0.2) is 0 Å². The van der Waals surface area contributed by atoms with Gasteiger partial charge in [-0.2, -0.15) is 0 Å². The van der Waals surface area contributed by atoms with E-state index < -0.39 is 11.7 Å². The second-order valence-corrected chi connectivity index (χ2v) is 3.73. The molecule has 0 aliphatic carbocycles. The lowest BCUT2D eigenvalue weighted by molar-refractivity contribution is -0.121. The van der Waals surface area contributed by atoms with Crippen molar-refractivity contribution in [1.82, 2.24) is 10.2 Å². The van der Waals surface area contributed by atoms with E-state index in [1.165, 1.54) is 24.1 Å². The summed E-state index contributed by atoms with van der Waals surface area (Å²) in [4.78, 5) is 24.5. The molecule has 3 N–H and O–H groups in total. The smallest absolute Gasteiger partial charge is 0.257 e. The number of nitrogens with zero attached hydrogens (tertiary/aromatic N) is 1. The first-order valence-electron chi connectivity index (χ1n) is 5.54. The van der Waals surface area contributed by atoms with E-state index in [9.17, 15) is 14.0 Å². The number of hydrogen-bond acceptors (Lipinski definition) is 3. The van der Waals surface area contributed by atoms with Gasteiger partial charge in [-0.15, -0.1) is 0 Å². The molecule has 0 spiro atoms. The third kappa shape index (κ3) is 3.19. The summed E-state index contributed by atoms with van der Waals surface area (Å²) >= 11 is 0. The fourth-order valence-corrected chi connectivity index (χ4v) is 1.45. The first-order valence-corrected chi connectivity index (χ1v) is 5.54. The van der Waals surface area contributed by atoms with E-state index in [4.69, 9.17) is 5.73 Å². The van der Waals surface area contributed by atoms with Crippen molar-refractivity contribution >= 4 is 17.5 Å². The van der Waals surface area contributed by atoms with Gasteiger partial charge in [0, 0.05) is 19.3 Å². The van der Waals surface area contributed by atoms with Crippen LogP contribution in [0.4, 0.5) is 10.1 Å². The molecule has 98 valence electrons. The molecule has 1 aromatic carbocycles.